The molecule has 2 aromatic rings. The monoisotopic (exact) mass is 203 g/mol. The van der Waals surface area contributed by atoms with E-state index in [4.69, 9.17) is 0 Å². The second-order valence-electron chi connectivity index (χ2n) is 2.47. The van der Waals surface area contributed by atoms with Crippen molar-refractivity contribution in [2.24, 2.45) is 0 Å². The van der Waals surface area contributed by atoms with Gasteiger partial charge < -0.3 is 4.98 Å². The normalized spacial score (nSPS) is 11.9. The summed E-state index contributed by atoms with van der Waals surface area (Å²) in [4.78, 5) is 13.2. The van der Waals surface area contributed by atoms with E-state index in [9.17, 15) is 13.2 Å². The average molecular weight is 203 g/mol. The molecule has 0 saturated heterocycles. The number of fused-ring (bicyclic) bond motifs is 1. The molecule has 0 aliphatic rings. The van der Waals surface area contributed by atoms with E-state index in [2.05, 4.69) is 19.9 Å². The van der Waals surface area contributed by atoms with Crippen molar-refractivity contribution in [2.75, 3.05) is 5.32 Å². The Hall–Kier alpha value is -1.86. The number of anilines is 1. The van der Waals surface area contributed by atoms with Crippen LogP contribution in [-0.4, -0.2) is 26.2 Å². The minimum absolute atomic E-state index is 0.187. The molecule has 0 unspecified atom stereocenters. The number of H-pyrrole nitrogens is 1. The van der Waals surface area contributed by atoms with Gasteiger partial charge in [-0.2, -0.15) is 18.2 Å². The molecule has 0 saturated carbocycles. The van der Waals surface area contributed by atoms with E-state index in [1.165, 1.54) is 17.8 Å². The van der Waals surface area contributed by atoms with Crippen LogP contribution in [-0.2, 0) is 0 Å². The van der Waals surface area contributed by atoms with Gasteiger partial charge in [0.25, 0.3) is 0 Å². The summed E-state index contributed by atoms with van der Waals surface area (Å²) in [5.41, 5.74) is 0.533. The van der Waals surface area contributed by atoms with Gasteiger partial charge in [-0.3, -0.25) is 5.32 Å². The lowest BCUT2D eigenvalue weighted by molar-refractivity contribution is -0.100. The van der Waals surface area contributed by atoms with Gasteiger partial charge in [-0.1, -0.05) is 0 Å². The molecule has 0 spiro atoms. The van der Waals surface area contributed by atoms with E-state index in [0.717, 1.165) is 0 Å². The van der Waals surface area contributed by atoms with E-state index in [-0.39, 0.29) is 5.65 Å². The van der Waals surface area contributed by atoms with Crippen LogP contribution in [0.1, 0.15) is 0 Å². The largest absolute Gasteiger partial charge is 0.484 e. The minimum atomic E-state index is -4.51. The fourth-order valence-electron chi connectivity index (χ4n) is 0.955. The summed E-state index contributed by atoms with van der Waals surface area (Å²) in [5.74, 6) is -0.395. The fourth-order valence-corrected chi connectivity index (χ4v) is 0.955. The van der Waals surface area contributed by atoms with Crippen LogP contribution in [0.2, 0.25) is 0 Å². The lowest BCUT2D eigenvalue weighted by Gasteiger charge is -2.04. The fraction of sp³-hybridized carbons (Fsp3) is 0.167. The molecule has 0 fully saturated rings. The number of rotatable bonds is 1. The molecule has 0 bridgehead atoms. The number of alkyl halides is 3. The number of nitrogens with zero attached hydrogens (tertiary/aromatic N) is 3. The molecule has 0 radical (unpaired) electrons. The minimum Gasteiger partial charge on any atom is -0.321 e. The van der Waals surface area contributed by atoms with Crippen molar-refractivity contribution >= 4 is 17.1 Å². The highest BCUT2D eigenvalue weighted by Gasteiger charge is 2.28. The summed E-state index contributed by atoms with van der Waals surface area (Å²) >= 11 is 0. The molecule has 2 N–H and O–H groups in total. The topological polar surface area (TPSA) is 66.5 Å². The predicted octanol–water partition coefficient (Wildman–Crippen LogP) is 1.28. The highest BCUT2D eigenvalue weighted by atomic mass is 19.4. The van der Waals surface area contributed by atoms with Crippen LogP contribution in [0.3, 0.4) is 0 Å². The maximum atomic E-state index is 11.9. The highest BCUT2D eigenvalue weighted by molar-refractivity contribution is 5.71. The van der Waals surface area contributed by atoms with Crippen molar-refractivity contribution in [1.82, 2.24) is 19.9 Å². The molecule has 74 valence electrons. The molecule has 2 rings (SSSR count). The molecular formula is C6H4F3N5. The summed E-state index contributed by atoms with van der Waals surface area (Å²) in [6, 6.07) is 0. The van der Waals surface area contributed by atoms with Crippen molar-refractivity contribution in [1.29, 1.82) is 0 Å². The molecule has 2 heterocycles. The number of hydrogen-bond acceptors (Lipinski definition) is 4. The third kappa shape index (κ3) is 1.73. The van der Waals surface area contributed by atoms with Crippen LogP contribution in [0.15, 0.2) is 12.5 Å². The van der Waals surface area contributed by atoms with Gasteiger partial charge in [0.2, 0.25) is 5.95 Å². The van der Waals surface area contributed by atoms with Crippen LogP contribution < -0.4 is 5.32 Å². The number of nitrogens with one attached hydrogen (secondary N) is 2. The molecule has 2 aromatic heterocycles. The molecular weight excluding hydrogens is 199 g/mol. The summed E-state index contributed by atoms with van der Waals surface area (Å²) in [5, 5.41) is 1.24. The number of aromatic nitrogens is 4. The van der Waals surface area contributed by atoms with Gasteiger partial charge in [0.1, 0.15) is 11.8 Å². The number of halogens is 3. The Balaban J connectivity index is 2.36. The van der Waals surface area contributed by atoms with Crippen molar-refractivity contribution in [3.8, 4) is 0 Å². The molecule has 14 heavy (non-hydrogen) atoms. The summed E-state index contributed by atoms with van der Waals surface area (Å²) < 4.78 is 35.6. The third-order valence-electron chi connectivity index (χ3n) is 1.42. The Kier molecular flexibility index (Phi) is 1.76. The van der Waals surface area contributed by atoms with Crippen LogP contribution in [0.5, 0.6) is 0 Å². The zero-order chi connectivity index (χ0) is 10.2. The van der Waals surface area contributed by atoms with Crippen molar-refractivity contribution in [3.05, 3.63) is 12.5 Å². The molecule has 5 nitrogen and oxygen atoms in total. The van der Waals surface area contributed by atoms with E-state index in [1.54, 1.807) is 0 Å². The first-order chi connectivity index (χ1) is 6.54. The molecule has 8 heteroatoms. The van der Waals surface area contributed by atoms with Crippen LogP contribution in [0.4, 0.5) is 19.1 Å². The first-order valence-corrected chi connectivity index (χ1v) is 3.55. The lowest BCUT2D eigenvalue weighted by Crippen LogP contribution is -2.21. The lowest BCUT2D eigenvalue weighted by atomic mass is 10.6. The number of hydrogen-bond donors (Lipinski definition) is 2. The van der Waals surface area contributed by atoms with E-state index < -0.39 is 12.2 Å². The Morgan fingerprint density at radius 2 is 2.14 bits per heavy atom. The van der Waals surface area contributed by atoms with Crippen molar-refractivity contribution in [3.63, 3.8) is 0 Å². The smallest absolute Gasteiger partial charge is 0.321 e. The SMILES string of the molecule is FC(F)(F)Nc1nc2ncncc2[nH]1. The van der Waals surface area contributed by atoms with E-state index >= 15 is 0 Å². The Morgan fingerprint density at radius 3 is 2.79 bits per heavy atom. The standard InChI is InChI=1S/C6H4F3N5/c7-6(8,9)14-5-12-3-1-10-2-11-4(3)13-5/h1-2H,(H2,10,11,12,13,14). The molecule has 0 aliphatic heterocycles. The van der Waals surface area contributed by atoms with Gasteiger partial charge in [0.05, 0.1) is 6.20 Å². The predicted molar refractivity (Wildman–Crippen MR) is 41.4 cm³/mol. The molecule has 0 amide bonds. The number of aromatic amines is 1. The Labute approximate surface area is 75.4 Å². The molecule has 0 aromatic carbocycles. The first-order valence-electron chi connectivity index (χ1n) is 3.55. The average Bonchev–Trinajstić information content (AvgIpc) is 2.42. The zero-order valence-electron chi connectivity index (χ0n) is 6.63. The molecule has 0 atom stereocenters. The highest BCUT2D eigenvalue weighted by Crippen LogP contribution is 2.18. The van der Waals surface area contributed by atoms with E-state index in [1.807, 2.05) is 0 Å². The van der Waals surface area contributed by atoms with Crippen LogP contribution in [0.25, 0.3) is 11.2 Å². The Morgan fingerprint density at radius 1 is 1.36 bits per heavy atom. The summed E-state index contributed by atoms with van der Waals surface area (Å²) in [7, 11) is 0. The van der Waals surface area contributed by atoms with Gasteiger partial charge in [0.15, 0.2) is 5.65 Å². The van der Waals surface area contributed by atoms with Gasteiger partial charge in [0, 0.05) is 0 Å². The van der Waals surface area contributed by atoms with Crippen LogP contribution >= 0.6 is 0 Å². The number of imidazole rings is 1. The third-order valence-corrected chi connectivity index (χ3v) is 1.42. The Bertz CT molecular complexity index is 415. The van der Waals surface area contributed by atoms with E-state index in [0.29, 0.717) is 5.52 Å². The van der Waals surface area contributed by atoms with Crippen molar-refractivity contribution < 1.29 is 13.2 Å². The van der Waals surface area contributed by atoms with Crippen molar-refractivity contribution in [2.45, 2.75) is 6.30 Å². The second-order valence-corrected chi connectivity index (χ2v) is 2.47. The van der Waals surface area contributed by atoms with Crippen LogP contribution in [0, 0.1) is 0 Å². The maximum absolute atomic E-state index is 11.9. The first kappa shape index (κ1) is 8.73. The van der Waals surface area contributed by atoms with Gasteiger partial charge in [-0.15, -0.1) is 0 Å². The second kappa shape index (κ2) is 2.82. The zero-order valence-corrected chi connectivity index (χ0v) is 6.63. The summed E-state index contributed by atoms with van der Waals surface area (Å²) in [6.45, 7) is 0. The van der Waals surface area contributed by atoms with Gasteiger partial charge in [-0.25, -0.2) is 9.97 Å². The molecule has 0 aliphatic carbocycles. The summed E-state index contributed by atoms with van der Waals surface area (Å²) in [6.07, 6.45) is -1.96. The van der Waals surface area contributed by atoms with Gasteiger partial charge >= 0.3 is 6.30 Å². The van der Waals surface area contributed by atoms with Gasteiger partial charge in [-0.05, 0) is 0 Å². The quantitative estimate of drug-likeness (QED) is 0.685. The maximum Gasteiger partial charge on any atom is 0.484 e.